The summed E-state index contributed by atoms with van der Waals surface area (Å²) in [7, 11) is 0. The van der Waals surface area contributed by atoms with Gasteiger partial charge in [-0.15, -0.1) is 0 Å². The van der Waals surface area contributed by atoms with Crippen molar-refractivity contribution in [1.82, 2.24) is 10.4 Å². The summed E-state index contributed by atoms with van der Waals surface area (Å²) in [6.07, 6.45) is 3.08. The van der Waals surface area contributed by atoms with Crippen LogP contribution in [0, 0.1) is 16.2 Å². The molecule has 6 heteroatoms. The van der Waals surface area contributed by atoms with Crippen molar-refractivity contribution >= 4 is 23.0 Å². The Labute approximate surface area is 158 Å². The monoisotopic (exact) mass is 367 g/mol. The van der Waals surface area contributed by atoms with E-state index in [4.69, 9.17) is 0 Å². The van der Waals surface area contributed by atoms with Crippen molar-refractivity contribution in [3.8, 4) is 5.75 Å². The van der Waals surface area contributed by atoms with Crippen LogP contribution < -0.4 is 5.43 Å². The number of carbonyl (C=O) groups is 1. The molecule has 2 aliphatic carbocycles. The predicted molar refractivity (Wildman–Crippen MR) is 103 cm³/mol. The van der Waals surface area contributed by atoms with E-state index in [2.05, 4.69) is 36.3 Å². The number of amides is 1. The zero-order valence-electron chi connectivity index (χ0n) is 15.9. The maximum absolute atomic E-state index is 13.0. The molecule has 2 fully saturated rings. The van der Waals surface area contributed by atoms with Crippen LogP contribution >= 0.6 is 0 Å². The molecule has 27 heavy (non-hydrogen) atoms. The molecule has 1 aromatic carbocycles. The van der Waals surface area contributed by atoms with E-state index < -0.39 is 11.5 Å². The minimum absolute atomic E-state index is 0.109. The average molecular weight is 367 g/mol. The predicted octanol–water partition coefficient (Wildman–Crippen LogP) is 2.97. The number of aliphatic hydroxyl groups excluding tert-OH is 1. The second kappa shape index (κ2) is 5.76. The largest absolute Gasteiger partial charge is 0.506 e. The Morgan fingerprint density at radius 3 is 2.70 bits per heavy atom. The van der Waals surface area contributed by atoms with Crippen LogP contribution in [-0.2, 0) is 4.79 Å². The van der Waals surface area contributed by atoms with E-state index in [1.807, 2.05) is 12.1 Å². The van der Waals surface area contributed by atoms with Crippen molar-refractivity contribution in [3.63, 3.8) is 0 Å². The van der Waals surface area contributed by atoms with Gasteiger partial charge in [0.05, 0.1) is 23.4 Å². The number of para-hydroxylation sites is 1. The molecule has 3 N–H and O–H groups in total. The summed E-state index contributed by atoms with van der Waals surface area (Å²) in [4.78, 5) is 17.4. The van der Waals surface area contributed by atoms with Gasteiger partial charge in [-0.1, -0.05) is 39.0 Å². The SMILES string of the molecule is CC12CCC(C(=O)NN=Cc3ccc4cccc(O)c4n3)(CC1O)C2(C)C. The summed E-state index contributed by atoms with van der Waals surface area (Å²) in [6.45, 7) is 6.23. The number of benzene rings is 1. The minimum Gasteiger partial charge on any atom is -0.506 e. The summed E-state index contributed by atoms with van der Waals surface area (Å²) < 4.78 is 0. The third-order valence-electron chi connectivity index (χ3n) is 7.49. The summed E-state index contributed by atoms with van der Waals surface area (Å²) in [6, 6.07) is 8.85. The molecule has 0 spiro atoms. The van der Waals surface area contributed by atoms with Gasteiger partial charge in [-0.2, -0.15) is 5.10 Å². The zero-order valence-corrected chi connectivity index (χ0v) is 15.9. The zero-order chi connectivity index (χ0) is 19.4. The molecular formula is C21H25N3O3. The molecule has 0 saturated heterocycles. The molecule has 3 unspecified atom stereocenters. The van der Waals surface area contributed by atoms with Gasteiger partial charge in [-0.3, -0.25) is 4.79 Å². The number of fused-ring (bicyclic) bond motifs is 3. The highest BCUT2D eigenvalue weighted by molar-refractivity contribution is 5.90. The fourth-order valence-corrected chi connectivity index (χ4v) is 5.11. The van der Waals surface area contributed by atoms with Crippen LogP contribution in [0.1, 0.15) is 45.7 Å². The second-order valence-electron chi connectivity index (χ2n) is 8.63. The van der Waals surface area contributed by atoms with Gasteiger partial charge in [0.2, 0.25) is 5.91 Å². The van der Waals surface area contributed by atoms with Crippen LogP contribution in [0.3, 0.4) is 0 Å². The Balaban J connectivity index is 1.54. The maximum atomic E-state index is 13.0. The Morgan fingerprint density at radius 2 is 2.04 bits per heavy atom. The van der Waals surface area contributed by atoms with Crippen LogP contribution in [0.5, 0.6) is 5.75 Å². The summed E-state index contributed by atoms with van der Waals surface area (Å²) in [5.41, 5.74) is 2.56. The number of hydrazone groups is 1. The van der Waals surface area contributed by atoms with Gasteiger partial charge < -0.3 is 10.2 Å². The number of nitrogens with zero attached hydrogens (tertiary/aromatic N) is 2. The van der Waals surface area contributed by atoms with Crippen molar-refractivity contribution < 1.29 is 15.0 Å². The van der Waals surface area contributed by atoms with E-state index in [1.54, 1.807) is 18.2 Å². The first-order valence-corrected chi connectivity index (χ1v) is 9.32. The molecule has 1 aromatic heterocycles. The Bertz CT molecular complexity index is 955. The number of carbonyl (C=O) groups excluding carboxylic acids is 1. The fourth-order valence-electron chi connectivity index (χ4n) is 5.11. The quantitative estimate of drug-likeness (QED) is 0.574. The van der Waals surface area contributed by atoms with Gasteiger partial charge in [0.1, 0.15) is 11.3 Å². The molecule has 2 aliphatic rings. The van der Waals surface area contributed by atoms with Gasteiger partial charge in [-0.05, 0) is 42.2 Å². The lowest BCUT2D eigenvalue weighted by atomic mass is 9.64. The number of hydrogen-bond acceptors (Lipinski definition) is 5. The van der Waals surface area contributed by atoms with E-state index in [1.165, 1.54) is 6.21 Å². The van der Waals surface area contributed by atoms with Gasteiger partial charge in [-0.25, -0.2) is 10.4 Å². The number of phenols is 1. The molecule has 1 heterocycles. The van der Waals surface area contributed by atoms with Gasteiger partial charge >= 0.3 is 0 Å². The molecule has 2 aromatic rings. The number of aromatic nitrogens is 1. The first kappa shape index (κ1) is 17.9. The number of aromatic hydroxyl groups is 1. The molecule has 2 bridgehead atoms. The summed E-state index contributed by atoms with van der Waals surface area (Å²) in [5, 5.41) is 25.4. The van der Waals surface area contributed by atoms with E-state index in [-0.39, 0.29) is 22.5 Å². The number of rotatable bonds is 3. The first-order valence-electron chi connectivity index (χ1n) is 9.32. The van der Waals surface area contributed by atoms with Crippen LogP contribution in [-0.4, -0.2) is 33.4 Å². The highest BCUT2D eigenvalue weighted by atomic mass is 16.3. The van der Waals surface area contributed by atoms with E-state index in [9.17, 15) is 15.0 Å². The lowest BCUT2D eigenvalue weighted by Gasteiger charge is -2.39. The van der Waals surface area contributed by atoms with Crippen molar-refractivity contribution in [2.75, 3.05) is 0 Å². The lowest BCUT2D eigenvalue weighted by Crippen LogP contribution is -2.45. The number of phenolic OH excluding ortho intramolecular Hbond substituents is 1. The number of aliphatic hydroxyl groups is 1. The third kappa shape index (κ3) is 2.32. The number of hydrogen-bond donors (Lipinski definition) is 3. The van der Waals surface area contributed by atoms with Gasteiger partial charge in [0, 0.05) is 5.39 Å². The maximum Gasteiger partial charge on any atom is 0.246 e. The molecule has 3 atom stereocenters. The van der Waals surface area contributed by atoms with E-state index >= 15 is 0 Å². The van der Waals surface area contributed by atoms with Crippen LogP contribution in [0.15, 0.2) is 35.4 Å². The standard InChI is InChI=1S/C21H25N3O3/c1-19(2)20(3)9-10-21(19,11-16(20)26)18(27)24-22-12-14-8-7-13-5-4-6-15(25)17(13)23-14/h4-8,12,16,25-26H,9-11H2,1-3H3,(H,24,27). The van der Waals surface area contributed by atoms with Crippen LogP contribution in [0.2, 0.25) is 0 Å². The Hall–Kier alpha value is -2.47. The van der Waals surface area contributed by atoms with Crippen molar-refractivity contribution in [3.05, 3.63) is 36.0 Å². The van der Waals surface area contributed by atoms with Crippen LogP contribution in [0.25, 0.3) is 10.9 Å². The molecule has 6 nitrogen and oxygen atoms in total. The smallest absolute Gasteiger partial charge is 0.246 e. The van der Waals surface area contributed by atoms with Crippen molar-refractivity contribution in [2.24, 2.45) is 21.3 Å². The topological polar surface area (TPSA) is 94.8 Å². The first-order chi connectivity index (χ1) is 12.7. The van der Waals surface area contributed by atoms with Crippen molar-refractivity contribution in [2.45, 2.75) is 46.1 Å². The average Bonchev–Trinajstić information content (AvgIpc) is 2.93. The summed E-state index contributed by atoms with van der Waals surface area (Å²) in [5.74, 6) is -0.0368. The number of nitrogens with one attached hydrogen (secondary N) is 1. The van der Waals surface area contributed by atoms with E-state index in [0.29, 0.717) is 17.6 Å². The molecular weight excluding hydrogens is 342 g/mol. The minimum atomic E-state index is -0.604. The fraction of sp³-hybridized carbons (Fsp3) is 0.476. The lowest BCUT2D eigenvalue weighted by molar-refractivity contribution is -0.136. The molecule has 142 valence electrons. The van der Waals surface area contributed by atoms with Crippen LogP contribution in [0.4, 0.5) is 0 Å². The van der Waals surface area contributed by atoms with E-state index in [0.717, 1.165) is 18.2 Å². The highest BCUT2D eigenvalue weighted by Crippen LogP contribution is 2.72. The summed E-state index contributed by atoms with van der Waals surface area (Å²) >= 11 is 0. The molecule has 0 radical (unpaired) electrons. The Morgan fingerprint density at radius 1 is 1.26 bits per heavy atom. The Kier molecular flexibility index (Phi) is 3.82. The molecule has 4 rings (SSSR count). The normalized spacial score (nSPS) is 31.6. The second-order valence-corrected chi connectivity index (χ2v) is 8.63. The van der Waals surface area contributed by atoms with Crippen molar-refractivity contribution in [1.29, 1.82) is 0 Å². The highest BCUT2D eigenvalue weighted by Gasteiger charge is 2.72. The number of pyridine rings is 1. The van der Waals surface area contributed by atoms with Gasteiger partial charge in [0.15, 0.2) is 0 Å². The molecule has 2 saturated carbocycles. The third-order valence-corrected chi connectivity index (χ3v) is 7.49. The van der Waals surface area contributed by atoms with Gasteiger partial charge in [0.25, 0.3) is 0 Å². The molecule has 0 aliphatic heterocycles. The molecule has 1 amide bonds.